The molecule has 1 fully saturated rings. The van der Waals surface area contributed by atoms with E-state index in [4.69, 9.17) is 0 Å². The Bertz CT molecular complexity index is 663. The molecule has 134 valence electrons. The molecule has 24 heavy (non-hydrogen) atoms. The highest BCUT2D eigenvalue weighted by molar-refractivity contribution is 7.89. The third kappa shape index (κ3) is 5.05. The third-order valence-electron chi connectivity index (χ3n) is 4.48. The highest BCUT2D eigenvalue weighted by Crippen LogP contribution is 2.19. The van der Waals surface area contributed by atoms with Gasteiger partial charge < -0.3 is 4.90 Å². The van der Waals surface area contributed by atoms with E-state index in [-0.39, 0.29) is 10.8 Å². The number of benzene rings is 1. The Labute approximate surface area is 145 Å². The van der Waals surface area contributed by atoms with Crippen LogP contribution in [0.4, 0.5) is 0 Å². The number of amides is 1. The number of hydrogen-bond donors (Lipinski definition) is 1. The molecular formula is C18H28N2O3S. The fourth-order valence-corrected chi connectivity index (χ4v) is 3.85. The van der Waals surface area contributed by atoms with Gasteiger partial charge in [0.2, 0.25) is 10.0 Å². The second kappa shape index (κ2) is 8.12. The lowest BCUT2D eigenvalue weighted by Crippen LogP contribution is -2.38. The van der Waals surface area contributed by atoms with Crippen LogP contribution < -0.4 is 4.72 Å². The van der Waals surface area contributed by atoms with E-state index in [1.54, 1.807) is 12.1 Å². The first-order valence-electron chi connectivity index (χ1n) is 8.68. The molecule has 0 radical (unpaired) electrons. The molecule has 0 saturated carbocycles. The van der Waals surface area contributed by atoms with E-state index in [0.29, 0.717) is 23.9 Å². The van der Waals surface area contributed by atoms with Gasteiger partial charge >= 0.3 is 0 Å². The van der Waals surface area contributed by atoms with Crippen molar-refractivity contribution in [3.8, 4) is 0 Å². The maximum absolute atomic E-state index is 12.6. The average molecular weight is 353 g/mol. The topological polar surface area (TPSA) is 66.5 Å². The molecule has 1 amide bonds. The number of sulfonamides is 1. The average Bonchev–Trinajstić information content (AvgIpc) is 2.54. The van der Waals surface area contributed by atoms with Gasteiger partial charge in [-0.15, -0.1) is 0 Å². The van der Waals surface area contributed by atoms with Crippen molar-refractivity contribution in [2.75, 3.05) is 19.6 Å². The minimum atomic E-state index is -3.57. The summed E-state index contributed by atoms with van der Waals surface area (Å²) in [5, 5.41) is 0. The first kappa shape index (κ1) is 18.9. The molecule has 0 bridgehead atoms. The maximum atomic E-state index is 12.6. The van der Waals surface area contributed by atoms with Crippen LogP contribution in [0.15, 0.2) is 29.2 Å². The van der Waals surface area contributed by atoms with Gasteiger partial charge in [-0.2, -0.15) is 0 Å². The Balaban J connectivity index is 2.09. The molecule has 0 spiro atoms. The normalized spacial score (nSPS) is 16.6. The maximum Gasteiger partial charge on any atom is 0.253 e. The summed E-state index contributed by atoms with van der Waals surface area (Å²) in [5.41, 5.74) is 0.441. The fourth-order valence-electron chi connectivity index (χ4n) is 2.76. The number of nitrogens with zero attached hydrogens (tertiary/aromatic N) is 1. The predicted molar refractivity (Wildman–Crippen MR) is 95.4 cm³/mol. The van der Waals surface area contributed by atoms with E-state index in [2.05, 4.69) is 11.6 Å². The Kier molecular flexibility index (Phi) is 6.40. The minimum absolute atomic E-state index is 0.0823. The quantitative estimate of drug-likeness (QED) is 0.856. The first-order chi connectivity index (χ1) is 11.3. The van der Waals surface area contributed by atoms with Gasteiger partial charge in [0.05, 0.1) is 4.90 Å². The Morgan fingerprint density at radius 1 is 1.29 bits per heavy atom. The predicted octanol–water partition coefficient (Wildman–Crippen LogP) is 2.88. The van der Waals surface area contributed by atoms with Gasteiger partial charge in [0.15, 0.2) is 0 Å². The molecule has 1 aliphatic heterocycles. The van der Waals surface area contributed by atoms with Crippen LogP contribution in [0, 0.1) is 11.8 Å². The molecule has 1 aromatic carbocycles. The Morgan fingerprint density at radius 3 is 2.58 bits per heavy atom. The van der Waals surface area contributed by atoms with E-state index in [0.717, 1.165) is 32.4 Å². The van der Waals surface area contributed by atoms with Crippen molar-refractivity contribution in [3.05, 3.63) is 29.8 Å². The number of likely N-dealkylation sites (tertiary alicyclic amines) is 1. The summed E-state index contributed by atoms with van der Waals surface area (Å²) in [6.45, 7) is 8.17. The lowest BCUT2D eigenvalue weighted by molar-refractivity contribution is 0.0697. The van der Waals surface area contributed by atoms with Crippen LogP contribution in [0.25, 0.3) is 0 Å². The number of carbonyl (C=O) groups is 1. The number of nitrogens with one attached hydrogen (secondary N) is 1. The van der Waals surface area contributed by atoms with Gasteiger partial charge in [0, 0.05) is 25.2 Å². The van der Waals surface area contributed by atoms with Crippen LogP contribution >= 0.6 is 0 Å². The van der Waals surface area contributed by atoms with Gasteiger partial charge in [-0.05, 0) is 49.3 Å². The van der Waals surface area contributed by atoms with Crippen molar-refractivity contribution in [2.24, 2.45) is 11.8 Å². The molecule has 0 atom stereocenters. The fraction of sp³-hybridized carbons (Fsp3) is 0.611. The molecule has 1 aromatic rings. The third-order valence-corrected chi connectivity index (χ3v) is 5.93. The molecule has 0 aliphatic carbocycles. The molecule has 2 rings (SSSR count). The molecule has 5 nitrogen and oxygen atoms in total. The van der Waals surface area contributed by atoms with E-state index in [1.807, 2.05) is 18.7 Å². The summed E-state index contributed by atoms with van der Waals surface area (Å²) in [6.07, 6.45) is 2.78. The second-order valence-electron chi connectivity index (χ2n) is 7.08. The van der Waals surface area contributed by atoms with E-state index >= 15 is 0 Å². The van der Waals surface area contributed by atoms with Crippen LogP contribution in [0.5, 0.6) is 0 Å². The zero-order valence-corrected chi connectivity index (χ0v) is 15.6. The SMILES string of the molecule is CC(C)CCNS(=O)(=O)c1cccc(C(=O)N2CCC(C)CC2)c1. The summed E-state index contributed by atoms with van der Waals surface area (Å²) in [7, 11) is -3.57. The van der Waals surface area contributed by atoms with Crippen molar-refractivity contribution in [1.29, 1.82) is 0 Å². The summed E-state index contributed by atoms with van der Waals surface area (Å²) >= 11 is 0. The van der Waals surface area contributed by atoms with Gasteiger partial charge in [-0.3, -0.25) is 4.79 Å². The van der Waals surface area contributed by atoms with Gasteiger partial charge in [0.25, 0.3) is 5.91 Å². The minimum Gasteiger partial charge on any atom is -0.339 e. The van der Waals surface area contributed by atoms with Gasteiger partial charge in [0.1, 0.15) is 0 Å². The molecule has 6 heteroatoms. The van der Waals surface area contributed by atoms with Crippen LogP contribution in [0.1, 0.15) is 50.4 Å². The van der Waals surface area contributed by atoms with Crippen LogP contribution in [-0.2, 0) is 10.0 Å². The molecule has 1 saturated heterocycles. The van der Waals surface area contributed by atoms with Crippen molar-refractivity contribution < 1.29 is 13.2 Å². The van der Waals surface area contributed by atoms with E-state index in [1.165, 1.54) is 12.1 Å². The van der Waals surface area contributed by atoms with Crippen molar-refractivity contribution in [2.45, 2.75) is 44.9 Å². The molecule has 1 aliphatic rings. The summed E-state index contributed by atoms with van der Waals surface area (Å²) in [6, 6.07) is 6.34. The zero-order chi connectivity index (χ0) is 17.7. The first-order valence-corrected chi connectivity index (χ1v) is 10.2. The van der Waals surface area contributed by atoms with E-state index < -0.39 is 10.0 Å². The standard InChI is InChI=1S/C18H28N2O3S/c1-14(2)7-10-19-24(22,23)17-6-4-5-16(13-17)18(21)20-11-8-15(3)9-12-20/h4-6,13-15,19H,7-12H2,1-3H3. The monoisotopic (exact) mass is 352 g/mol. The van der Waals surface area contributed by atoms with Crippen molar-refractivity contribution in [3.63, 3.8) is 0 Å². The zero-order valence-electron chi connectivity index (χ0n) is 14.8. The molecule has 1 heterocycles. The summed E-state index contributed by atoms with van der Waals surface area (Å²) in [4.78, 5) is 14.6. The number of hydrogen-bond acceptors (Lipinski definition) is 3. The van der Waals surface area contributed by atoms with E-state index in [9.17, 15) is 13.2 Å². The molecule has 0 aromatic heterocycles. The van der Waals surface area contributed by atoms with Gasteiger partial charge in [-0.1, -0.05) is 26.8 Å². The summed E-state index contributed by atoms with van der Waals surface area (Å²) in [5.74, 6) is 0.995. The molecular weight excluding hydrogens is 324 g/mol. The van der Waals surface area contributed by atoms with Crippen molar-refractivity contribution >= 4 is 15.9 Å². The van der Waals surface area contributed by atoms with Crippen LogP contribution in [0.2, 0.25) is 0 Å². The molecule has 1 N–H and O–H groups in total. The number of rotatable bonds is 6. The summed E-state index contributed by atoms with van der Waals surface area (Å²) < 4.78 is 27.3. The Hall–Kier alpha value is -1.40. The number of piperidine rings is 1. The lowest BCUT2D eigenvalue weighted by Gasteiger charge is -2.30. The lowest BCUT2D eigenvalue weighted by atomic mass is 9.98. The smallest absolute Gasteiger partial charge is 0.253 e. The van der Waals surface area contributed by atoms with Crippen molar-refractivity contribution in [1.82, 2.24) is 9.62 Å². The highest BCUT2D eigenvalue weighted by Gasteiger charge is 2.23. The number of carbonyl (C=O) groups excluding carboxylic acids is 1. The van der Waals surface area contributed by atoms with Gasteiger partial charge in [-0.25, -0.2) is 13.1 Å². The Morgan fingerprint density at radius 2 is 1.96 bits per heavy atom. The largest absolute Gasteiger partial charge is 0.339 e. The van der Waals surface area contributed by atoms with Crippen LogP contribution in [-0.4, -0.2) is 38.9 Å². The highest BCUT2D eigenvalue weighted by atomic mass is 32.2. The van der Waals surface area contributed by atoms with Crippen LogP contribution in [0.3, 0.4) is 0 Å². The second-order valence-corrected chi connectivity index (χ2v) is 8.85. The molecule has 0 unspecified atom stereocenters.